The molecule has 1 heterocycles. The van der Waals surface area contributed by atoms with Gasteiger partial charge in [-0.05, 0) is 60.2 Å². The van der Waals surface area contributed by atoms with Gasteiger partial charge in [-0.25, -0.2) is 18.2 Å². The zero-order valence-electron chi connectivity index (χ0n) is 17.8. The number of halogens is 4. The highest BCUT2D eigenvalue weighted by atomic mass is 35.5. The van der Waals surface area contributed by atoms with E-state index in [1.165, 1.54) is 55.0 Å². The predicted octanol–water partition coefficient (Wildman–Crippen LogP) is 5.57. The molecule has 0 aliphatic carbocycles. The Morgan fingerprint density at radius 2 is 1.54 bits per heavy atom. The topological polar surface area (TPSA) is 75.2 Å². The molecule has 0 bridgehead atoms. The summed E-state index contributed by atoms with van der Waals surface area (Å²) in [6.45, 7) is 0. The van der Waals surface area contributed by atoms with Crippen molar-refractivity contribution in [3.63, 3.8) is 0 Å². The summed E-state index contributed by atoms with van der Waals surface area (Å²) >= 11 is 5.98. The lowest BCUT2D eigenvalue weighted by molar-refractivity contribution is -0.117. The minimum atomic E-state index is -1.38. The van der Waals surface area contributed by atoms with Crippen LogP contribution in [0.1, 0.15) is 22.1 Å². The molecular formula is C25H16ClF3N4O2. The Balaban J connectivity index is 1.86. The molecule has 4 aromatic rings. The van der Waals surface area contributed by atoms with E-state index in [0.717, 1.165) is 35.2 Å². The lowest BCUT2D eigenvalue weighted by atomic mass is 10.0. The molecule has 1 aromatic heterocycles. The van der Waals surface area contributed by atoms with Gasteiger partial charge in [-0.15, -0.1) is 0 Å². The Labute approximate surface area is 203 Å². The third kappa shape index (κ3) is 5.47. The summed E-state index contributed by atoms with van der Waals surface area (Å²) in [5.74, 6) is -3.23. The van der Waals surface area contributed by atoms with Crippen LogP contribution in [0, 0.1) is 17.5 Å². The number of nitrogens with one attached hydrogen (secondary N) is 1. The van der Waals surface area contributed by atoms with Gasteiger partial charge in [0.05, 0.1) is 11.2 Å². The normalized spacial score (nSPS) is 11.5. The van der Waals surface area contributed by atoms with Gasteiger partial charge >= 0.3 is 0 Å². The van der Waals surface area contributed by atoms with Crippen molar-refractivity contribution in [3.8, 4) is 0 Å². The van der Waals surface area contributed by atoms with Crippen LogP contribution in [0.3, 0.4) is 0 Å². The molecule has 0 aliphatic rings. The van der Waals surface area contributed by atoms with E-state index < -0.39 is 35.3 Å². The molecule has 10 heteroatoms. The number of aromatic nitrogens is 2. The van der Waals surface area contributed by atoms with Crippen LogP contribution in [0.4, 0.5) is 24.5 Å². The number of rotatable bonds is 6. The number of amides is 2. The first kappa shape index (κ1) is 23.9. The van der Waals surface area contributed by atoms with Gasteiger partial charge in [0.2, 0.25) is 0 Å². The van der Waals surface area contributed by atoms with Gasteiger partial charge < -0.3 is 5.32 Å². The highest BCUT2D eigenvalue weighted by Crippen LogP contribution is 2.33. The van der Waals surface area contributed by atoms with Gasteiger partial charge in [-0.3, -0.25) is 19.5 Å². The zero-order valence-corrected chi connectivity index (χ0v) is 18.6. The molecule has 1 atom stereocenters. The van der Waals surface area contributed by atoms with Gasteiger partial charge in [0, 0.05) is 23.8 Å². The number of carbonyl (C=O) groups is 2. The summed E-state index contributed by atoms with van der Waals surface area (Å²) in [6, 6.07) is 12.1. The van der Waals surface area contributed by atoms with Crippen molar-refractivity contribution in [2.24, 2.45) is 0 Å². The maximum Gasteiger partial charge on any atom is 0.279 e. The largest absolute Gasteiger partial charge is 0.324 e. The third-order valence-electron chi connectivity index (χ3n) is 4.99. The number of hydrogen-bond donors (Lipinski definition) is 1. The third-order valence-corrected chi connectivity index (χ3v) is 5.28. The SMILES string of the molecule is O=C(Nc1ccc(F)cc1)[C@H](c1ccc(F)cc1)N(C(=O)c1cnccn1)c1ccc(F)c(Cl)c1. The number of nitrogens with zero attached hydrogens (tertiary/aromatic N) is 3. The van der Waals surface area contributed by atoms with Crippen LogP contribution in [0.2, 0.25) is 5.02 Å². The van der Waals surface area contributed by atoms with Gasteiger partial charge in [0.25, 0.3) is 11.8 Å². The molecule has 0 fully saturated rings. The highest BCUT2D eigenvalue weighted by Gasteiger charge is 2.34. The summed E-state index contributed by atoms with van der Waals surface area (Å²) in [6.07, 6.45) is 3.88. The van der Waals surface area contributed by atoms with Gasteiger partial charge in [0.15, 0.2) is 0 Å². The molecule has 0 radical (unpaired) electrons. The molecule has 3 aromatic carbocycles. The van der Waals surface area contributed by atoms with Crippen LogP contribution in [0.5, 0.6) is 0 Å². The van der Waals surface area contributed by atoms with Gasteiger partial charge in [-0.2, -0.15) is 0 Å². The van der Waals surface area contributed by atoms with Crippen LogP contribution in [0.25, 0.3) is 0 Å². The molecule has 0 spiro atoms. The quantitative estimate of drug-likeness (QED) is 0.378. The molecule has 1 N–H and O–H groups in total. The molecule has 35 heavy (non-hydrogen) atoms. The van der Waals surface area contributed by atoms with E-state index in [2.05, 4.69) is 15.3 Å². The molecule has 4 rings (SSSR count). The van der Waals surface area contributed by atoms with E-state index in [0.29, 0.717) is 0 Å². The van der Waals surface area contributed by atoms with Crippen molar-refractivity contribution in [1.29, 1.82) is 0 Å². The second-order valence-corrected chi connectivity index (χ2v) is 7.72. The Bertz CT molecular complexity index is 1350. The van der Waals surface area contributed by atoms with Crippen molar-refractivity contribution in [2.45, 2.75) is 6.04 Å². The summed E-state index contributed by atoms with van der Waals surface area (Å²) in [5, 5.41) is 2.35. The molecular weight excluding hydrogens is 481 g/mol. The van der Waals surface area contributed by atoms with E-state index in [1.54, 1.807) is 0 Å². The minimum absolute atomic E-state index is 0.0793. The molecule has 2 amide bonds. The van der Waals surface area contributed by atoms with Crippen LogP contribution < -0.4 is 10.2 Å². The first-order valence-electron chi connectivity index (χ1n) is 10.2. The predicted molar refractivity (Wildman–Crippen MR) is 124 cm³/mol. The Kier molecular flexibility index (Phi) is 7.07. The Morgan fingerprint density at radius 3 is 2.14 bits per heavy atom. The van der Waals surface area contributed by atoms with Gasteiger partial charge in [0.1, 0.15) is 29.2 Å². The molecule has 0 saturated carbocycles. The molecule has 176 valence electrons. The van der Waals surface area contributed by atoms with Crippen LogP contribution in [-0.2, 0) is 4.79 Å². The van der Waals surface area contributed by atoms with E-state index >= 15 is 0 Å². The molecule has 6 nitrogen and oxygen atoms in total. The summed E-state index contributed by atoms with van der Waals surface area (Å²) in [7, 11) is 0. The first-order chi connectivity index (χ1) is 16.8. The van der Waals surface area contributed by atoms with Crippen LogP contribution in [0.15, 0.2) is 85.3 Å². The monoisotopic (exact) mass is 496 g/mol. The Morgan fingerprint density at radius 1 is 0.886 bits per heavy atom. The van der Waals surface area contributed by atoms with Crippen molar-refractivity contribution >= 4 is 34.8 Å². The Hall–Kier alpha value is -4.24. The van der Waals surface area contributed by atoms with Crippen LogP contribution in [-0.4, -0.2) is 21.8 Å². The van der Waals surface area contributed by atoms with Gasteiger partial charge in [-0.1, -0.05) is 23.7 Å². The van der Waals surface area contributed by atoms with E-state index in [-0.39, 0.29) is 27.7 Å². The van der Waals surface area contributed by atoms with E-state index in [1.807, 2.05) is 0 Å². The molecule has 0 aliphatic heterocycles. The fourth-order valence-corrected chi connectivity index (χ4v) is 3.53. The maximum absolute atomic E-state index is 13.9. The summed E-state index contributed by atoms with van der Waals surface area (Å²) in [5.41, 5.74) is 0.474. The number of benzene rings is 3. The zero-order chi connectivity index (χ0) is 24.9. The molecule has 0 saturated heterocycles. The lowest BCUT2D eigenvalue weighted by Crippen LogP contribution is -2.42. The fraction of sp³-hybridized carbons (Fsp3) is 0.0400. The van der Waals surface area contributed by atoms with Crippen molar-refractivity contribution in [2.75, 3.05) is 10.2 Å². The van der Waals surface area contributed by atoms with Crippen molar-refractivity contribution in [3.05, 3.63) is 119 Å². The number of hydrogen-bond acceptors (Lipinski definition) is 4. The first-order valence-corrected chi connectivity index (χ1v) is 10.6. The second kappa shape index (κ2) is 10.4. The summed E-state index contributed by atoms with van der Waals surface area (Å²) in [4.78, 5) is 36.1. The molecule has 0 unspecified atom stereocenters. The summed E-state index contributed by atoms with van der Waals surface area (Å²) < 4.78 is 41.0. The highest BCUT2D eigenvalue weighted by molar-refractivity contribution is 6.31. The standard InChI is InChI=1S/C25H16ClF3N4O2/c26-20-13-19(9-10-21(20)29)33(25(35)22-14-30-11-12-31-22)23(15-1-3-16(27)4-2-15)24(34)32-18-7-5-17(28)6-8-18/h1-14,23H,(H,32,34)/t23-/m0/s1. The number of anilines is 2. The van der Waals surface area contributed by atoms with E-state index in [4.69, 9.17) is 11.6 Å². The maximum atomic E-state index is 13.9. The lowest BCUT2D eigenvalue weighted by Gasteiger charge is -2.31. The van der Waals surface area contributed by atoms with Crippen LogP contribution >= 0.6 is 11.6 Å². The average molecular weight is 497 g/mol. The van der Waals surface area contributed by atoms with Crippen molar-refractivity contribution < 1.29 is 22.8 Å². The van der Waals surface area contributed by atoms with E-state index in [9.17, 15) is 22.8 Å². The van der Waals surface area contributed by atoms with Crippen molar-refractivity contribution in [1.82, 2.24) is 9.97 Å². The smallest absolute Gasteiger partial charge is 0.279 e. The average Bonchev–Trinajstić information content (AvgIpc) is 2.86. The second-order valence-electron chi connectivity index (χ2n) is 7.31. The fourth-order valence-electron chi connectivity index (χ4n) is 3.36. The number of carbonyl (C=O) groups excluding carboxylic acids is 2. The minimum Gasteiger partial charge on any atom is -0.324 e.